The Morgan fingerprint density at radius 2 is 1.80 bits per heavy atom. The molecule has 1 aliphatic carbocycles. The van der Waals surface area contributed by atoms with Crippen LogP contribution in [0.2, 0.25) is 0 Å². The van der Waals surface area contributed by atoms with E-state index in [0.717, 1.165) is 54.1 Å². The summed E-state index contributed by atoms with van der Waals surface area (Å²) in [6, 6.07) is 10.4. The van der Waals surface area contributed by atoms with Crippen molar-refractivity contribution in [1.82, 2.24) is 29.4 Å². The van der Waals surface area contributed by atoms with Crippen molar-refractivity contribution >= 4 is 40.0 Å². The number of amides is 3. The standard InChI is InChI=1S/C30H36N8O2/c31-24-3-6-26-23(15-24)19-38(34-26)25-4-1-20(2-5-25)18-35-11-7-21(8-12-35)22-9-13-36-27(16-22)32-17-29(36)37-14-10-28(39)33-30(37)40/h3,6,9,13,15-17,19-21,25H,1-2,4-5,7-8,10-12,14,18,31H2,(H,33,39,40)/t20-,25-. The van der Waals surface area contributed by atoms with E-state index in [4.69, 9.17) is 10.8 Å². The molecule has 3 aromatic heterocycles. The molecule has 1 saturated carbocycles. The summed E-state index contributed by atoms with van der Waals surface area (Å²) in [5.41, 5.74) is 9.92. The Kier molecular flexibility index (Phi) is 6.42. The lowest BCUT2D eigenvalue weighted by molar-refractivity contribution is -0.120. The number of imidazole rings is 1. The largest absolute Gasteiger partial charge is 0.399 e. The molecule has 3 amide bonds. The molecule has 3 N–H and O–H groups in total. The zero-order valence-electron chi connectivity index (χ0n) is 22.7. The van der Waals surface area contributed by atoms with E-state index < -0.39 is 0 Å². The van der Waals surface area contributed by atoms with E-state index in [9.17, 15) is 9.59 Å². The first-order valence-corrected chi connectivity index (χ1v) is 14.6. The molecule has 2 aliphatic heterocycles. The number of pyridine rings is 1. The van der Waals surface area contributed by atoms with Crippen LogP contribution in [-0.2, 0) is 4.79 Å². The first-order chi connectivity index (χ1) is 19.5. The molecule has 0 unspecified atom stereocenters. The first-order valence-electron chi connectivity index (χ1n) is 14.6. The summed E-state index contributed by atoms with van der Waals surface area (Å²) in [5, 5.41) is 8.34. The number of fused-ring (bicyclic) bond motifs is 2. The molecule has 0 atom stereocenters. The highest BCUT2D eigenvalue weighted by Crippen LogP contribution is 2.35. The van der Waals surface area contributed by atoms with Gasteiger partial charge in [0.25, 0.3) is 0 Å². The SMILES string of the molecule is Nc1ccc2nn([C@H]3CC[C@H](CN4CCC(c5ccn6c(N7CCC(=O)NC7=O)cnc6c5)CC4)CC3)cc2c1. The van der Waals surface area contributed by atoms with Gasteiger partial charge in [0.15, 0.2) is 0 Å². The van der Waals surface area contributed by atoms with Crippen molar-refractivity contribution in [1.29, 1.82) is 0 Å². The number of nitrogens with one attached hydrogen (secondary N) is 1. The summed E-state index contributed by atoms with van der Waals surface area (Å²) in [6.45, 7) is 3.82. The maximum atomic E-state index is 12.3. The number of likely N-dealkylation sites (tertiary alicyclic amines) is 1. The second-order valence-electron chi connectivity index (χ2n) is 11.7. The second-order valence-corrected chi connectivity index (χ2v) is 11.7. The summed E-state index contributed by atoms with van der Waals surface area (Å²) < 4.78 is 4.11. The first kappa shape index (κ1) is 25.1. The van der Waals surface area contributed by atoms with Crippen LogP contribution in [0.25, 0.3) is 16.6 Å². The van der Waals surface area contributed by atoms with Crippen molar-refractivity contribution in [2.45, 2.75) is 56.9 Å². The zero-order chi connectivity index (χ0) is 27.2. The van der Waals surface area contributed by atoms with Crippen LogP contribution in [0.4, 0.5) is 16.3 Å². The van der Waals surface area contributed by atoms with E-state index >= 15 is 0 Å². The van der Waals surface area contributed by atoms with Crippen LogP contribution >= 0.6 is 0 Å². The van der Waals surface area contributed by atoms with Gasteiger partial charge in [-0.2, -0.15) is 5.10 Å². The number of benzene rings is 1. The molecule has 10 heteroatoms. The zero-order valence-corrected chi connectivity index (χ0v) is 22.7. The molecule has 1 aromatic carbocycles. The predicted octanol–water partition coefficient (Wildman–Crippen LogP) is 4.32. The third-order valence-electron chi connectivity index (χ3n) is 9.16. The van der Waals surface area contributed by atoms with E-state index in [0.29, 0.717) is 30.7 Å². The predicted molar refractivity (Wildman–Crippen MR) is 154 cm³/mol. The number of nitrogens with zero attached hydrogens (tertiary/aromatic N) is 6. The van der Waals surface area contributed by atoms with Gasteiger partial charge < -0.3 is 10.6 Å². The third kappa shape index (κ3) is 4.81. The number of aromatic nitrogens is 4. The maximum absolute atomic E-state index is 12.3. The molecule has 3 aliphatic rings. The number of nitrogens with two attached hydrogens (primary N) is 1. The van der Waals surface area contributed by atoms with Gasteiger partial charge in [-0.05, 0) is 99.3 Å². The monoisotopic (exact) mass is 540 g/mol. The van der Waals surface area contributed by atoms with Crippen LogP contribution < -0.4 is 16.0 Å². The summed E-state index contributed by atoms with van der Waals surface area (Å²) in [5.74, 6) is 1.75. The normalized spacial score (nSPS) is 23.2. The number of carbonyl (C=O) groups excluding carboxylic acids is 2. The van der Waals surface area contributed by atoms with Crippen molar-refractivity contribution in [2.75, 3.05) is 36.8 Å². The number of nitrogen functional groups attached to an aromatic ring is 1. The lowest BCUT2D eigenvalue weighted by atomic mass is 9.84. The van der Waals surface area contributed by atoms with Gasteiger partial charge in [0, 0.05) is 43.0 Å². The van der Waals surface area contributed by atoms with E-state index in [1.54, 1.807) is 11.1 Å². The summed E-state index contributed by atoms with van der Waals surface area (Å²) in [6.07, 6.45) is 13.4. The van der Waals surface area contributed by atoms with Crippen molar-refractivity contribution in [2.24, 2.45) is 5.92 Å². The number of hydrogen-bond donors (Lipinski definition) is 2. The maximum Gasteiger partial charge on any atom is 0.329 e. The van der Waals surface area contributed by atoms with Crippen LogP contribution in [0.5, 0.6) is 0 Å². The fourth-order valence-corrected chi connectivity index (χ4v) is 6.88. The van der Waals surface area contributed by atoms with Gasteiger partial charge in [0.05, 0.1) is 17.8 Å². The van der Waals surface area contributed by atoms with Gasteiger partial charge in [-0.3, -0.25) is 24.1 Å². The highest BCUT2D eigenvalue weighted by Gasteiger charge is 2.29. The summed E-state index contributed by atoms with van der Waals surface area (Å²) in [7, 11) is 0. The molecular formula is C30H36N8O2. The number of anilines is 2. The van der Waals surface area contributed by atoms with Crippen LogP contribution in [-0.4, -0.2) is 62.2 Å². The van der Waals surface area contributed by atoms with E-state index in [1.807, 2.05) is 28.8 Å². The Labute approximate surface area is 233 Å². The third-order valence-corrected chi connectivity index (χ3v) is 9.16. The molecule has 208 valence electrons. The number of rotatable bonds is 5. The molecule has 5 heterocycles. The van der Waals surface area contributed by atoms with Crippen LogP contribution in [0.15, 0.2) is 48.9 Å². The molecule has 0 bridgehead atoms. The van der Waals surface area contributed by atoms with Gasteiger partial charge in [-0.15, -0.1) is 0 Å². The molecule has 40 heavy (non-hydrogen) atoms. The Bertz CT molecular complexity index is 1560. The van der Waals surface area contributed by atoms with Crippen LogP contribution in [0.3, 0.4) is 0 Å². The van der Waals surface area contributed by atoms with Crippen LogP contribution in [0, 0.1) is 5.92 Å². The highest BCUT2D eigenvalue weighted by atomic mass is 16.2. The lowest BCUT2D eigenvalue weighted by Crippen LogP contribution is -2.50. The fourth-order valence-electron chi connectivity index (χ4n) is 6.88. The van der Waals surface area contributed by atoms with Gasteiger partial charge in [-0.25, -0.2) is 9.78 Å². The average molecular weight is 541 g/mol. The second kappa shape index (κ2) is 10.2. The van der Waals surface area contributed by atoms with E-state index in [-0.39, 0.29) is 11.9 Å². The van der Waals surface area contributed by atoms with E-state index in [1.165, 1.54) is 37.8 Å². The van der Waals surface area contributed by atoms with Crippen molar-refractivity contribution < 1.29 is 9.59 Å². The number of urea groups is 1. The van der Waals surface area contributed by atoms with Crippen molar-refractivity contribution in [3.63, 3.8) is 0 Å². The smallest absolute Gasteiger partial charge is 0.329 e. The minimum Gasteiger partial charge on any atom is -0.399 e. The molecule has 4 aromatic rings. The highest BCUT2D eigenvalue weighted by molar-refractivity contribution is 6.05. The number of imide groups is 1. The van der Waals surface area contributed by atoms with Crippen LogP contribution in [0.1, 0.15) is 62.5 Å². The average Bonchev–Trinajstić information content (AvgIpc) is 3.58. The Morgan fingerprint density at radius 3 is 2.60 bits per heavy atom. The summed E-state index contributed by atoms with van der Waals surface area (Å²) >= 11 is 0. The molecule has 10 nitrogen and oxygen atoms in total. The molecule has 7 rings (SSSR count). The number of hydrogen-bond acceptors (Lipinski definition) is 6. The topological polar surface area (TPSA) is 114 Å². The Balaban J connectivity index is 0.921. The van der Waals surface area contributed by atoms with Gasteiger partial charge in [0.2, 0.25) is 5.91 Å². The molecular weight excluding hydrogens is 504 g/mol. The lowest BCUT2D eigenvalue weighted by Gasteiger charge is -2.36. The number of carbonyl (C=O) groups is 2. The summed E-state index contributed by atoms with van der Waals surface area (Å²) in [4.78, 5) is 32.6. The Morgan fingerprint density at radius 1 is 0.975 bits per heavy atom. The minimum atomic E-state index is -0.386. The van der Waals surface area contributed by atoms with Crippen molar-refractivity contribution in [3.05, 3.63) is 54.5 Å². The van der Waals surface area contributed by atoms with Gasteiger partial charge in [-0.1, -0.05) is 0 Å². The fraction of sp³-hybridized carbons (Fsp3) is 0.467. The van der Waals surface area contributed by atoms with Crippen molar-refractivity contribution in [3.8, 4) is 0 Å². The molecule has 2 saturated heterocycles. The number of piperidine rings is 1. The minimum absolute atomic E-state index is 0.231. The molecule has 3 fully saturated rings. The molecule has 0 radical (unpaired) electrons. The van der Waals surface area contributed by atoms with Gasteiger partial charge >= 0.3 is 6.03 Å². The van der Waals surface area contributed by atoms with E-state index in [2.05, 4.69) is 38.2 Å². The van der Waals surface area contributed by atoms with Gasteiger partial charge in [0.1, 0.15) is 11.5 Å². The quantitative estimate of drug-likeness (QED) is 0.365. The molecule has 0 spiro atoms. The Hall–Kier alpha value is -3.92.